The molecule has 0 bridgehead atoms. The second-order valence-electron chi connectivity index (χ2n) is 6.40. The molecule has 0 atom stereocenters. The maximum absolute atomic E-state index is 11.5. The Labute approximate surface area is 263 Å². The first-order chi connectivity index (χ1) is 18.5. The number of hydrogen-bond acceptors (Lipinski definition) is 10. The summed E-state index contributed by atoms with van der Waals surface area (Å²) in [4.78, 5) is 52.4. The SMILES string of the molecule is CCOC(=O)/C(Cl)=N/N=C(\Cl)c1ccccn1.CCOC(=O)C(=O)CNC(=O)c1ccccn1.ClP(Cl)(Cl)(Cl)Cl. The first-order valence-corrected chi connectivity index (χ1v) is 18.1. The number of halogens is 7. The third-order valence-electron chi connectivity index (χ3n) is 3.36. The number of nitrogens with one attached hydrogen (secondary N) is 1. The normalized spacial score (nSPS) is 12.2. The van der Waals surface area contributed by atoms with Crippen LogP contribution in [0.3, 0.4) is 0 Å². The Balaban J connectivity index is 0.000000634. The van der Waals surface area contributed by atoms with Crippen molar-refractivity contribution in [3.63, 3.8) is 0 Å². The van der Waals surface area contributed by atoms with Gasteiger partial charge in [-0.1, -0.05) is 35.3 Å². The number of esters is 2. The molecule has 1 N–H and O–H groups in total. The minimum absolute atomic E-state index is 0.0352. The number of carbonyl (C=O) groups excluding carboxylic acids is 4. The van der Waals surface area contributed by atoms with Gasteiger partial charge in [0.2, 0.25) is 5.17 Å². The van der Waals surface area contributed by atoms with Crippen LogP contribution in [0.4, 0.5) is 0 Å². The second-order valence-corrected chi connectivity index (χ2v) is 23.7. The summed E-state index contributed by atoms with van der Waals surface area (Å²) in [5, 5.41) is 8.95. The fraction of sp³-hybridized carbons (Fsp3) is 0.238. The van der Waals surface area contributed by atoms with E-state index < -0.39 is 33.5 Å². The van der Waals surface area contributed by atoms with E-state index >= 15 is 0 Å². The predicted molar refractivity (Wildman–Crippen MR) is 161 cm³/mol. The Bertz CT molecular complexity index is 1180. The van der Waals surface area contributed by atoms with E-state index in [1.54, 1.807) is 50.4 Å². The summed E-state index contributed by atoms with van der Waals surface area (Å²) in [5.41, 5.74) is 0.621. The second kappa shape index (κ2) is 19.3. The Kier molecular flexibility index (Phi) is 18.4. The van der Waals surface area contributed by atoms with E-state index in [4.69, 9.17) is 79.4 Å². The zero-order valence-corrected chi connectivity index (χ0v) is 26.8. The third-order valence-corrected chi connectivity index (χ3v) is 3.85. The molecule has 0 unspecified atom stereocenters. The van der Waals surface area contributed by atoms with Gasteiger partial charge in [0.25, 0.3) is 11.7 Å². The van der Waals surface area contributed by atoms with Crippen molar-refractivity contribution < 1.29 is 28.7 Å². The van der Waals surface area contributed by atoms with Crippen LogP contribution in [0, 0.1) is 0 Å². The molecule has 19 heteroatoms. The van der Waals surface area contributed by atoms with Crippen LogP contribution < -0.4 is 5.32 Å². The molecule has 0 radical (unpaired) electrons. The molecular formula is C21H21Cl7N5O6P. The van der Waals surface area contributed by atoms with Gasteiger partial charge in [-0.15, -0.1) is 10.2 Å². The summed E-state index contributed by atoms with van der Waals surface area (Å²) in [7, 11) is 0. The summed E-state index contributed by atoms with van der Waals surface area (Å²) >= 11 is 36.2. The first kappa shape index (κ1) is 38.2. The van der Waals surface area contributed by atoms with E-state index in [9.17, 15) is 19.2 Å². The number of aromatic nitrogens is 2. The molecule has 0 aliphatic heterocycles. The fourth-order valence-electron chi connectivity index (χ4n) is 1.89. The average Bonchev–Trinajstić information content (AvgIpc) is 2.90. The summed E-state index contributed by atoms with van der Waals surface area (Å²) in [5.74, 6) is -3.00. The molecule has 2 aromatic rings. The van der Waals surface area contributed by atoms with Gasteiger partial charge in [0.1, 0.15) is 11.4 Å². The van der Waals surface area contributed by atoms with Gasteiger partial charge in [-0.2, -0.15) is 0 Å². The molecule has 0 saturated carbocycles. The molecule has 2 rings (SSSR count). The van der Waals surface area contributed by atoms with Crippen LogP contribution >= 0.6 is 82.8 Å². The maximum atomic E-state index is 11.5. The number of rotatable bonds is 9. The van der Waals surface area contributed by atoms with Gasteiger partial charge >= 0.3 is 71.5 Å². The molecule has 0 aliphatic rings. The van der Waals surface area contributed by atoms with Gasteiger partial charge in [0.15, 0.2) is 5.17 Å². The molecule has 0 spiro atoms. The first-order valence-electron chi connectivity index (χ1n) is 10.6. The quantitative estimate of drug-likeness (QED) is 0.103. The van der Waals surface area contributed by atoms with E-state index in [1.165, 1.54) is 12.3 Å². The van der Waals surface area contributed by atoms with Gasteiger partial charge in [-0.25, -0.2) is 9.59 Å². The number of ether oxygens (including phenoxy) is 2. The monoisotopic (exact) mass is 715 g/mol. The summed E-state index contributed by atoms with van der Waals surface area (Å²) in [6, 6.07) is 9.96. The van der Waals surface area contributed by atoms with Crippen LogP contribution in [0.5, 0.6) is 0 Å². The number of amides is 1. The van der Waals surface area contributed by atoms with Gasteiger partial charge < -0.3 is 14.8 Å². The van der Waals surface area contributed by atoms with E-state index in [1.807, 2.05) is 0 Å². The van der Waals surface area contributed by atoms with Gasteiger partial charge in [-0.3, -0.25) is 19.6 Å². The van der Waals surface area contributed by atoms with Crippen LogP contribution in [0.15, 0.2) is 59.0 Å². The summed E-state index contributed by atoms with van der Waals surface area (Å²) in [6.45, 7) is 3.19. The van der Waals surface area contributed by atoms with Crippen molar-refractivity contribution in [3.05, 3.63) is 60.2 Å². The average molecular weight is 719 g/mol. The van der Waals surface area contributed by atoms with Crippen LogP contribution in [-0.4, -0.2) is 63.7 Å². The molecule has 0 aliphatic carbocycles. The molecule has 11 nitrogen and oxygen atoms in total. The van der Waals surface area contributed by atoms with E-state index in [-0.39, 0.29) is 29.2 Å². The van der Waals surface area contributed by atoms with Crippen LogP contribution in [0.2, 0.25) is 0 Å². The molecule has 1 amide bonds. The Hall–Kier alpha value is -1.82. The molecule has 2 heterocycles. The Morgan fingerprint density at radius 3 is 1.73 bits per heavy atom. The number of nitrogens with zero attached hydrogens (tertiary/aromatic N) is 4. The predicted octanol–water partition coefficient (Wildman–Crippen LogP) is 6.43. The number of ketones is 1. The Morgan fingerprint density at radius 2 is 1.27 bits per heavy atom. The van der Waals surface area contributed by atoms with Crippen LogP contribution in [0.1, 0.15) is 30.0 Å². The topological polar surface area (TPSA) is 149 Å². The molecule has 0 fully saturated rings. The Morgan fingerprint density at radius 1 is 0.800 bits per heavy atom. The van der Waals surface area contributed by atoms with Crippen molar-refractivity contribution in [2.75, 3.05) is 19.8 Å². The van der Waals surface area contributed by atoms with Crippen molar-refractivity contribution >= 4 is 117 Å². The molecule has 220 valence electrons. The molecule has 40 heavy (non-hydrogen) atoms. The van der Waals surface area contributed by atoms with Gasteiger partial charge in [0.05, 0.1) is 19.8 Å². The van der Waals surface area contributed by atoms with E-state index in [2.05, 4.69) is 35.0 Å². The van der Waals surface area contributed by atoms with Crippen molar-refractivity contribution in [3.8, 4) is 0 Å². The third kappa shape index (κ3) is 21.0. The molecule has 2 aromatic heterocycles. The van der Waals surface area contributed by atoms with Crippen molar-refractivity contribution in [2.45, 2.75) is 13.8 Å². The van der Waals surface area contributed by atoms with Crippen LogP contribution in [0.25, 0.3) is 0 Å². The van der Waals surface area contributed by atoms with Gasteiger partial charge in [0, 0.05) is 12.4 Å². The van der Waals surface area contributed by atoms with Crippen LogP contribution in [-0.2, 0) is 23.9 Å². The number of hydrogen-bond donors (Lipinski definition) is 1. The van der Waals surface area contributed by atoms with Crippen molar-refractivity contribution in [1.82, 2.24) is 15.3 Å². The van der Waals surface area contributed by atoms with Crippen molar-refractivity contribution in [2.24, 2.45) is 10.2 Å². The molecule has 0 saturated heterocycles. The minimum atomic E-state index is -3.69. The van der Waals surface area contributed by atoms with Gasteiger partial charge in [-0.05, 0) is 38.1 Å². The number of Topliss-reactive ketones (excluding diaryl/α,β-unsaturated/α-hetero) is 1. The molecule has 0 aromatic carbocycles. The zero-order valence-electron chi connectivity index (χ0n) is 20.6. The summed E-state index contributed by atoms with van der Waals surface area (Å²) < 4.78 is 5.41. The van der Waals surface area contributed by atoms with E-state index in [0.717, 1.165) is 0 Å². The fourth-order valence-corrected chi connectivity index (χ4v) is 2.13. The zero-order chi connectivity index (χ0) is 30.8. The number of pyridine rings is 2. The standard InChI is InChI=1S/C11H12N2O4.C10H9Cl2N3O2.Cl5P/c1-2-17-11(16)9(14)7-13-10(15)8-5-3-4-6-12-8;1-2-17-10(16)9(12)15-14-8(11)7-5-3-4-6-13-7;1-6(2,3,4)5/h3-6H,2,7H2,1H3,(H,13,15);3-6H,2H2,1H3;/b;14-8-,15-9-;. The van der Waals surface area contributed by atoms with E-state index in [0.29, 0.717) is 5.69 Å². The molecular weight excluding hydrogens is 697 g/mol. The number of carbonyl (C=O) groups is 4. The summed E-state index contributed by atoms with van der Waals surface area (Å²) in [6.07, 6.45) is 3.02. The van der Waals surface area contributed by atoms with Crippen molar-refractivity contribution in [1.29, 1.82) is 0 Å².